The Hall–Kier alpha value is -2.43. The molecule has 2 heterocycles. The quantitative estimate of drug-likeness (QED) is 0.721. The van der Waals surface area contributed by atoms with Gasteiger partial charge >= 0.3 is 0 Å². The van der Waals surface area contributed by atoms with Crippen LogP contribution in [-0.2, 0) is 0 Å². The Bertz CT molecular complexity index is 1020. The highest BCUT2D eigenvalue weighted by molar-refractivity contribution is 5.93. The number of piperazine rings is 1. The number of aromatic nitrogens is 1. The van der Waals surface area contributed by atoms with E-state index in [1.165, 1.54) is 11.1 Å². The van der Waals surface area contributed by atoms with Gasteiger partial charge in [-0.1, -0.05) is 42.5 Å². The van der Waals surface area contributed by atoms with Crippen LogP contribution in [0.4, 0.5) is 0 Å². The van der Waals surface area contributed by atoms with Crippen LogP contribution in [0.25, 0.3) is 22.0 Å². The van der Waals surface area contributed by atoms with E-state index in [9.17, 15) is 4.79 Å². The van der Waals surface area contributed by atoms with Gasteiger partial charge < -0.3 is 10.3 Å². The van der Waals surface area contributed by atoms with Crippen LogP contribution in [0.5, 0.6) is 0 Å². The van der Waals surface area contributed by atoms with Crippen LogP contribution in [0.15, 0.2) is 53.3 Å². The molecule has 0 amide bonds. The van der Waals surface area contributed by atoms with Crippen LogP contribution in [-0.4, -0.2) is 35.6 Å². The summed E-state index contributed by atoms with van der Waals surface area (Å²) in [4.78, 5) is 18.4. The largest absolute Gasteiger partial charge is 0.321 e. The number of rotatable bonds is 1. The maximum absolute atomic E-state index is 12.6. The molecule has 126 valence electrons. The molecule has 4 heteroatoms. The number of hydrogen-bond donors (Lipinski definition) is 2. The SMILES string of the molecule is CC1CNCCN1C1c2ccccc2-c2[nH]c(=O)c3ccccc3c21. The second-order valence-electron chi connectivity index (χ2n) is 7.07. The van der Waals surface area contributed by atoms with E-state index in [0.717, 1.165) is 41.7 Å². The van der Waals surface area contributed by atoms with Gasteiger partial charge in [-0.05, 0) is 23.9 Å². The summed E-state index contributed by atoms with van der Waals surface area (Å²) in [5.41, 5.74) is 4.72. The molecule has 4 nitrogen and oxygen atoms in total. The van der Waals surface area contributed by atoms with Crippen molar-refractivity contribution in [1.82, 2.24) is 15.2 Å². The van der Waals surface area contributed by atoms with Gasteiger partial charge in [0.25, 0.3) is 5.56 Å². The van der Waals surface area contributed by atoms with Gasteiger partial charge in [0.2, 0.25) is 0 Å². The molecule has 25 heavy (non-hydrogen) atoms. The lowest BCUT2D eigenvalue weighted by atomic mass is 9.97. The minimum Gasteiger partial charge on any atom is -0.321 e. The number of aromatic amines is 1. The third-order valence-corrected chi connectivity index (χ3v) is 5.65. The van der Waals surface area contributed by atoms with Crippen molar-refractivity contribution in [3.63, 3.8) is 0 Å². The van der Waals surface area contributed by atoms with Gasteiger partial charge in [0.1, 0.15) is 0 Å². The summed E-state index contributed by atoms with van der Waals surface area (Å²) in [6.07, 6.45) is 0. The molecular weight excluding hydrogens is 310 g/mol. The smallest absolute Gasteiger partial charge is 0.256 e. The highest BCUT2D eigenvalue weighted by atomic mass is 16.1. The van der Waals surface area contributed by atoms with E-state index >= 15 is 0 Å². The molecule has 2 atom stereocenters. The second kappa shape index (κ2) is 5.55. The van der Waals surface area contributed by atoms with Crippen molar-refractivity contribution in [2.24, 2.45) is 0 Å². The molecule has 1 saturated heterocycles. The zero-order valence-corrected chi connectivity index (χ0v) is 14.3. The predicted octanol–water partition coefficient (Wildman–Crippen LogP) is 2.89. The van der Waals surface area contributed by atoms with Crippen LogP contribution >= 0.6 is 0 Å². The monoisotopic (exact) mass is 331 g/mol. The molecule has 5 rings (SSSR count). The summed E-state index contributed by atoms with van der Waals surface area (Å²) in [6, 6.07) is 17.1. The van der Waals surface area contributed by atoms with Crippen molar-refractivity contribution >= 4 is 10.8 Å². The predicted molar refractivity (Wildman–Crippen MR) is 101 cm³/mol. The number of benzene rings is 2. The van der Waals surface area contributed by atoms with Crippen molar-refractivity contribution in [2.45, 2.75) is 19.0 Å². The normalized spacial score (nSPS) is 22.8. The Balaban J connectivity index is 1.84. The van der Waals surface area contributed by atoms with Crippen LogP contribution in [0.3, 0.4) is 0 Å². The van der Waals surface area contributed by atoms with Gasteiger partial charge in [0.15, 0.2) is 0 Å². The standard InChI is InChI=1S/C21H21N3O/c1-13-12-22-10-11-24(13)20-16-8-4-3-7-15(16)19-18(20)14-6-2-5-9-17(14)21(25)23-19/h2-9,13,20,22H,10-12H2,1H3,(H,23,25). The molecule has 2 aromatic carbocycles. The highest BCUT2D eigenvalue weighted by Gasteiger charge is 2.37. The van der Waals surface area contributed by atoms with E-state index in [1.807, 2.05) is 18.2 Å². The third kappa shape index (κ3) is 2.11. The highest BCUT2D eigenvalue weighted by Crippen LogP contribution is 2.48. The van der Waals surface area contributed by atoms with Crippen molar-refractivity contribution < 1.29 is 0 Å². The Morgan fingerprint density at radius 2 is 1.80 bits per heavy atom. The summed E-state index contributed by atoms with van der Waals surface area (Å²) >= 11 is 0. The number of H-pyrrole nitrogens is 1. The topological polar surface area (TPSA) is 48.1 Å². The first-order valence-corrected chi connectivity index (χ1v) is 8.96. The molecule has 1 aromatic heterocycles. The first kappa shape index (κ1) is 14.9. The lowest BCUT2D eigenvalue weighted by molar-refractivity contribution is 0.139. The number of hydrogen-bond acceptors (Lipinski definition) is 3. The average Bonchev–Trinajstić information content (AvgIpc) is 2.97. The molecule has 3 aromatic rings. The van der Waals surface area contributed by atoms with Gasteiger partial charge in [0, 0.05) is 42.2 Å². The summed E-state index contributed by atoms with van der Waals surface area (Å²) < 4.78 is 0. The zero-order valence-electron chi connectivity index (χ0n) is 14.3. The fourth-order valence-corrected chi connectivity index (χ4v) is 4.50. The van der Waals surface area contributed by atoms with Gasteiger partial charge in [0.05, 0.1) is 11.7 Å². The minimum absolute atomic E-state index is 0.00170. The molecule has 1 aliphatic carbocycles. The Kier molecular flexibility index (Phi) is 3.30. The molecule has 0 spiro atoms. The number of nitrogens with one attached hydrogen (secondary N) is 2. The van der Waals surface area contributed by atoms with E-state index in [2.05, 4.69) is 52.5 Å². The maximum Gasteiger partial charge on any atom is 0.256 e. The fraction of sp³-hybridized carbons (Fsp3) is 0.286. The van der Waals surface area contributed by atoms with Crippen molar-refractivity contribution in [3.05, 3.63) is 70.0 Å². The lowest BCUT2D eigenvalue weighted by Crippen LogP contribution is -2.51. The van der Waals surface area contributed by atoms with E-state index in [4.69, 9.17) is 0 Å². The summed E-state index contributed by atoms with van der Waals surface area (Å²) in [5.74, 6) is 0. The van der Waals surface area contributed by atoms with Crippen LogP contribution in [0, 0.1) is 0 Å². The Morgan fingerprint density at radius 1 is 1.04 bits per heavy atom. The van der Waals surface area contributed by atoms with E-state index in [0.29, 0.717) is 6.04 Å². The average molecular weight is 331 g/mol. The number of pyridine rings is 1. The Morgan fingerprint density at radius 3 is 2.64 bits per heavy atom. The van der Waals surface area contributed by atoms with Crippen molar-refractivity contribution in [1.29, 1.82) is 0 Å². The minimum atomic E-state index is -0.00170. The number of nitrogens with zero attached hydrogens (tertiary/aromatic N) is 1. The maximum atomic E-state index is 12.6. The first-order chi connectivity index (χ1) is 12.3. The van der Waals surface area contributed by atoms with Crippen molar-refractivity contribution in [3.8, 4) is 11.3 Å². The molecular formula is C21H21N3O. The molecule has 1 fully saturated rings. The summed E-state index contributed by atoms with van der Waals surface area (Å²) in [5, 5.41) is 5.34. The fourth-order valence-electron chi connectivity index (χ4n) is 4.50. The lowest BCUT2D eigenvalue weighted by Gasteiger charge is -2.39. The molecule has 2 unspecified atom stereocenters. The first-order valence-electron chi connectivity index (χ1n) is 8.96. The summed E-state index contributed by atoms with van der Waals surface area (Å²) in [7, 11) is 0. The third-order valence-electron chi connectivity index (χ3n) is 5.65. The van der Waals surface area contributed by atoms with Crippen molar-refractivity contribution in [2.75, 3.05) is 19.6 Å². The molecule has 1 aliphatic heterocycles. The molecule has 2 aliphatic rings. The molecule has 0 radical (unpaired) electrons. The van der Waals surface area contributed by atoms with Crippen LogP contribution in [0.1, 0.15) is 24.1 Å². The second-order valence-corrected chi connectivity index (χ2v) is 7.07. The van der Waals surface area contributed by atoms with Gasteiger partial charge in [-0.2, -0.15) is 0 Å². The molecule has 0 saturated carbocycles. The van der Waals surface area contributed by atoms with Crippen LogP contribution in [0.2, 0.25) is 0 Å². The van der Waals surface area contributed by atoms with E-state index in [1.54, 1.807) is 0 Å². The molecule has 2 N–H and O–H groups in total. The zero-order chi connectivity index (χ0) is 17.0. The number of fused-ring (bicyclic) bond motifs is 5. The van der Waals surface area contributed by atoms with Gasteiger partial charge in [-0.25, -0.2) is 0 Å². The molecule has 0 bridgehead atoms. The van der Waals surface area contributed by atoms with Gasteiger partial charge in [-0.15, -0.1) is 0 Å². The Labute approximate surface area is 146 Å². The van der Waals surface area contributed by atoms with E-state index in [-0.39, 0.29) is 11.6 Å². The van der Waals surface area contributed by atoms with Crippen LogP contribution < -0.4 is 10.9 Å². The van der Waals surface area contributed by atoms with E-state index < -0.39 is 0 Å². The summed E-state index contributed by atoms with van der Waals surface area (Å²) in [6.45, 7) is 5.28. The van der Waals surface area contributed by atoms with Gasteiger partial charge in [-0.3, -0.25) is 9.69 Å².